The zero-order valence-corrected chi connectivity index (χ0v) is 7.88. The topological polar surface area (TPSA) is 66.9 Å². The summed E-state index contributed by atoms with van der Waals surface area (Å²) in [7, 11) is -3.84. The van der Waals surface area contributed by atoms with Crippen LogP contribution in [0.3, 0.4) is 0 Å². The zero-order valence-electron chi connectivity index (χ0n) is 7.06. The highest BCUT2D eigenvalue weighted by Gasteiger charge is 2.40. The summed E-state index contributed by atoms with van der Waals surface area (Å²) in [4.78, 5) is 0. The van der Waals surface area contributed by atoms with Crippen LogP contribution < -0.4 is 0 Å². The molecule has 0 radical (unpaired) electrons. The van der Waals surface area contributed by atoms with Crippen molar-refractivity contribution >= 4 is 10.1 Å². The second-order valence-corrected chi connectivity index (χ2v) is 4.60. The predicted octanol–water partition coefficient (Wildman–Crippen LogP) is 0.832. The van der Waals surface area contributed by atoms with Gasteiger partial charge < -0.3 is 4.74 Å². The minimum Gasteiger partial charge on any atom is -0.368 e. The van der Waals surface area contributed by atoms with E-state index in [2.05, 4.69) is 6.92 Å². The SMILES string of the molecule is CCCC[C@@H]1O[C@@H]1CS(=O)(=O)O. The van der Waals surface area contributed by atoms with Crippen LogP contribution in [0.2, 0.25) is 0 Å². The number of rotatable bonds is 5. The van der Waals surface area contributed by atoms with Gasteiger partial charge in [-0.05, 0) is 6.42 Å². The Morgan fingerprint density at radius 1 is 1.42 bits per heavy atom. The number of hydrogen-bond acceptors (Lipinski definition) is 3. The van der Waals surface area contributed by atoms with Gasteiger partial charge in [0, 0.05) is 0 Å². The van der Waals surface area contributed by atoms with Gasteiger partial charge in [0.2, 0.25) is 0 Å². The van der Waals surface area contributed by atoms with E-state index in [9.17, 15) is 8.42 Å². The van der Waals surface area contributed by atoms with E-state index in [0.717, 1.165) is 19.3 Å². The molecule has 0 aliphatic carbocycles. The van der Waals surface area contributed by atoms with Crippen LogP contribution in [0.15, 0.2) is 0 Å². The van der Waals surface area contributed by atoms with Gasteiger partial charge in [-0.15, -0.1) is 0 Å². The number of epoxide rings is 1. The molecule has 12 heavy (non-hydrogen) atoms. The highest BCUT2D eigenvalue weighted by molar-refractivity contribution is 7.85. The van der Waals surface area contributed by atoms with Crippen molar-refractivity contribution in [1.82, 2.24) is 0 Å². The molecule has 1 aliphatic heterocycles. The van der Waals surface area contributed by atoms with Crippen molar-refractivity contribution in [3.63, 3.8) is 0 Å². The van der Waals surface area contributed by atoms with E-state index in [1.54, 1.807) is 0 Å². The summed E-state index contributed by atoms with van der Waals surface area (Å²) in [5.74, 6) is -0.249. The standard InChI is InChI=1S/C7H14O4S/c1-2-3-4-6-7(11-6)5-12(8,9)10/h6-7H,2-5H2,1H3,(H,8,9,10)/t6-,7+/m0/s1. The quantitative estimate of drug-likeness (QED) is 0.520. The van der Waals surface area contributed by atoms with Crippen LogP contribution >= 0.6 is 0 Å². The summed E-state index contributed by atoms with van der Waals surface area (Å²) in [6.07, 6.45) is 2.83. The van der Waals surface area contributed by atoms with Crippen LogP contribution in [0, 0.1) is 0 Å². The van der Waals surface area contributed by atoms with Gasteiger partial charge in [0.1, 0.15) is 11.9 Å². The molecule has 0 saturated carbocycles. The third-order valence-electron chi connectivity index (χ3n) is 1.90. The zero-order chi connectivity index (χ0) is 9.19. The first-order valence-corrected chi connectivity index (χ1v) is 5.74. The lowest BCUT2D eigenvalue weighted by Gasteiger charge is -1.91. The van der Waals surface area contributed by atoms with Crippen LogP contribution in [0.1, 0.15) is 26.2 Å². The van der Waals surface area contributed by atoms with Gasteiger partial charge >= 0.3 is 0 Å². The molecule has 72 valence electrons. The van der Waals surface area contributed by atoms with Gasteiger partial charge in [0.15, 0.2) is 0 Å². The van der Waals surface area contributed by atoms with Crippen LogP contribution in [-0.2, 0) is 14.9 Å². The van der Waals surface area contributed by atoms with Crippen molar-refractivity contribution in [2.24, 2.45) is 0 Å². The number of ether oxygens (including phenoxy) is 1. The van der Waals surface area contributed by atoms with E-state index < -0.39 is 10.1 Å². The van der Waals surface area contributed by atoms with Crippen molar-refractivity contribution in [2.45, 2.75) is 38.4 Å². The van der Waals surface area contributed by atoms with Crippen molar-refractivity contribution < 1.29 is 17.7 Å². The molecule has 2 atom stereocenters. The highest BCUT2D eigenvalue weighted by Crippen LogP contribution is 2.27. The lowest BCUT2D eigenvalue weighted by molar-refractivity contribution is 0.364. The van der Waals surface area contributed by atoms with E-state index in [4.69, 9.17) is 9.29 Å². The lowest BCUT2D eigenvalue weighted by Crippen LogP contribution is -2.11. The van der Waals surface area contributed by atoms with Crippen molar-refractivity contribution in [1.29, 1.82) is 0 Å². The molecule has 1 heterocycles. The van der Waals surface area contributed by atoms with Crippen LogP contribution in [-0.4, -0.2) is 30.9 Å². The molecule has 1 saturated heterocycles. The molecule has 1 fully saturated rings. The van der Waals surface area contributed by atoms with Gasteiger partial charge in [0.25, 0.3) is 10.1 Å². The summed E-state index contributed by atoms with van der Waals surface area (Å²) in [6, 6.07) is 0. The van der Waals surface area contributed by atoms with E-state index in [1.165, 1.54) is 0 Å². The fourth-order valence-corrected chi connectivity index (χ4v) is 1.90. The van der Waals surface area contributed by atoms with Crippen LogP contribution in [0.4, 0.5) is 0 Å². The molecule has 0 aromatic heterocycles. The number of unbranched alkanes of at least 4 members (excludes halogenated alkanes) is 1. The van der Waals surface area contributed by atoms with Crippen LogP contribution in [0.5, 0.6) is 0 Å². The molecule has 1 aliphatic rings. The normalized spacial score (nSPS) is 28.8. The molecule has 0 aromatic carbocycles. The van der Waals surface area contributed by atoms with Gasteiger partial charge in [-0.3, -0.25) is 4.55 Å². The predicted molar refractivity (Wildman–Crippen MR) is 44.6 cm³/mol. The van der Waals surface area contributed by atoms with E-state index in [0.29, 0.717) is 0 Å². The molecule has 0 amide bonds. The second kappa shape index (κ2) is 3.72. The molecule has 4 nitrogen and oxygen atoms in total. The van der Waals surface area contributed by atoms with Crippen LogP contribution in [0.25, 0.3) is 0 Å². The summed E-state index contributed by atoms with van der Waals surface area (Å²) in [6.45, 7) is 2.07. The summed E-state index contributed by atoms with van der Waals surface area (Å²) in [5, 5.41) is 0. The second-order valence-electron chi connectivity index (χ2n) is 3.10. The Bertz CT molecular complexity index is 234. The van der Waals surface area contributed by atoms with Gasteiger partial charge in [-0.2, -0.15) is 8.42 Å². The Kier molecular flexibility index (Phi) is 3.09. The fourth-order valence-electron chi connectivity index (χ4n) is 1.19. The Hall–Kier alpha value is -0.130. The van der Waals surface area contributed by atoms with E-state index >= 15 is 0 Å². The first-order valence-electron chi connectivity index (χ1n) is 4.13. The maximum atomic E-state index is 10.4. The van der Waals surface area contributed by atoms with E-state index in [-0.39, 0.29) is 18.0 Å². The molecule has 5 heteroatoms. The molecule has 1 rings (SSSR count). The lowest BCUT2D eigenvalue weighted by atomic mass is 10.2. The molecular formula is C7H14O4S. The summed E-state index contributed by atoms with van der Waals surface area (Å²) in [5.41, 5.74) is 0. The first-order chi connectivity index (χ1) is 5.53. The minimum atomic E-state index is -3.84. The van der Waals surface area contributed by atoms with Crippen molar-refractivity contribution in [3.05, 3.63) is 0 Å². The average molecular weight is 194 g/mol. The minimum absolute atomic E-state index is 0.0619. The van der Waals surface area contributed by atoms with Crippen molar-refractivity contribution in [3.8, 4) is 0 Å². The molecular weight excluding hydrogens is 180 g/mol. The number of hydrogen-bond donors (Lipinski definition) is 1. The Morgan fingerprint density at radius 3 is 2.58 bits per heavy atom. The first kappa shape index (κ1) is 9.95. The molecule has 0 spiro atoms. The van der Waals surface area contributed by atoms with Gasteiger partial charge in [-0.25, -0.2) is 0 Å². The van der Waals surface area contributed by atoms with E-state index in [1.807, 2.05) is 0 Å². The fraction of sp³-hybridized carbons (Fsp3) is 1.00. The largest absolute Gasteiger partial charge is 0.368 e. The molecule has 0 aromatic rings. The molecule has 0 bridgehead atoms. The Morgan fingerprint density at radius 2 is 2.08 bits per heavy atom. The maximum Gasteiger partial charge on any atom is 0.267 e. The summed E-state index contributed by atoms with van der Waals surface area (Å²) < 4.78 is 34.3. The van der Waals surface area contributed by atoms with Gasteiger partial charge in [0.05, 0.1) is 6.10 Å². The third kappa shape index (κ3) is 3.51. The van der Waals surface area contributed by atoms with Crippen molar-refractivity contribution in [2.75, 3.05) is 5.75 Å². The monoisotopic (exact) mass is 194 g/mol. The molecule has 0 unspecified atom stereocenters. The maximum absolute atomic E-state index is 10.4. The Balaban J connectivity index is 2.16. The highest BCUT2D eigenvalue weighted by atomic mass is 32.2. The summed E-state index contributed by atoms with van der Waals surface area (Å²) >= 11 is 0. The average Bonchev–Trinajstić information content (AvgIpc) is 2.60. The smallest absolute Gasteiger partial charge is 0.267 e. The third-order valence-corrected chi connectivity index (χ3v) is 2.65. The van der Waals surface area contributed by atoms with Gasteiger partial charge in [-0.1, -0.05) is 19.8 Å². The molecule has 1 N–H and O–H groups in total. The Labute approximate surface area is 72.7 Å².